The van der Waals surface area contributed by atoms with Gasteiger partial charge < -0.3 is 20.1 Å². The molecule has 0 aromatic heterocycles. The molecule has 0 unspecified atom stereocenters. The Bertz CT molecular complexity index is 818. The van der Waals surface area contributed by atoms with Crippen LogP contribution in [0.4, 0.5) is 0 Å². The van der Waals surface area contributed by atoms with Crippen molar-refractivity contribution >= 4 is 5.97 Å². The SMILES string of the molecule is O=C(O)C1=C(NCc2ccc3c(c2)CCO3)C=CC2=CCC=CN21. The van der Waals surface area contributed by atoms with E-state index in [1.54, 1.807) is 4.90 Å². The van der Waals surface area contributed by atoms with E-state index in [0.29, 0.717) is 12.2 Å². The first-order chi connectivity index (χ1) is 11.7. The third-order valence-corrected chi connectivity index (χ3v) is 4.35. The molecule has 24 heavy (non-hydrogen) atoms. The Hall–Kier alpha value is -2.95. The van der Waals surface area contributed by atoms with Gasteiger partial charge in [0.2, 0.25) is 0 Å². The van der Waals surface area contributed by atoms with E-state index in [-0.39, 0.29) is 5.70 Å². The van der Waals surface area contributed by atoms with Gasteiger partial charge in [-0.1, -0.05) is 24.3 Å². The molecule has 0 amide bonds. The molecule has 3 aliphatic rings. The number of rotatable bonds is 4. The zero-order valence-corrected chi connectivity index (χ0v) is 13.2. The Balaban J connectivity index is 1.57. The average Bonchev–Trinajstić information content (AvgIpc) is 3.06. The third kappa shape index (κ3) is 2.58. The summed E-state index contributed by atoms with van der Waals surface area (Å²) in [5, 5.41) is 12.9. The standard InChI is InChI=1S/C19H18N2O3/c22-19(23)18-16(6-5-15-3-1-2-9-21(15)18)20-12-13-4-7-17-14(11-13)8-10-24-17/h2-7,9,11,20H,1,8,10,12H2,(H,22,23). The molecule has 1 aromatic carbocycles. The van der Waals surface area contributed by atoms with E-state index in [1.165, 1.54) is 5.56 Å². The summed E-state index contributed by atoms with van der Waals surface area (Å²) in [6.07, 6.45) is 11.3. The van der Waals surface area contributed by atoms with Crippen molar-refractivity contribution in [3.63, 3.8) is 0 Å². The van der Waals surface area contributed by atoms with E-state index in [4.69, 9.17) is 4.74 Å². The third-order valence-electron chi connectivity index (χ3n) is 4.35. The maximum absolute atomic E-state index is 11.7. The summed E-state index contributed by atoms with van der Waals surface area (Å²) in [6.45, 7) is 1.31. The molecule has 0 spiro atoms. The number of ether oxygens (including phenoxy) is 1. The van der Waals surface area contributed by atoms with Crippen LogP contribution in [0.15, 0.2) is 65.8 Å². The minimum atomic E-state index is -0.943. The van der Waals surface area contributed by atoms with Crippen LogP contribution in [-0.2, 0) is 17.8 Å². The number of nitrogens with zero attached hydrogens (tertiary/aromatic N) is 1. The highest BCUT2D eigenvalue weighted by Gasteiger charge is 2.25. The van der Waals surface area contributed by atoms with Gasteiger partial charge in [0.05, 0.1) is 12.3 Å². The summed E-state index contributed by atoms with van der Waals surface area (Å²) in [4.78, 5) is 13.4. The minimum Gasteiger partial charge on any atom is -0.493 e. The predicted octanol–water partition coefficient (Wildman–Crippen LogP) is 2.68. The summed E-state index contributed by atoms with van der Waals surface area (Å²) in [5.74, 6) is 0.0108. The number of hydrogen-bond donors (Lipinski definition) is 2. The molecule has 0 radical (unpaired) electrons. The van der Waals surface area contributed by atoms with Crippen molar-refractivity contribution in [2.45, 2.75) is 19.4 Å². The van der Waals surface area contributed by atoms with Gasteiger partial charge in [-0.25, -0.2) is 4.79 Å². The number of carboxylic acids is 1. The number of aliphatic carboxylic acids is 1. The lowest BCUT2D eigenvalue weighted by Gasteiger charge is -2.29. The molecule has 4 rings (SSSR count). The summed E-state index contributed by atoms with van der Waals surface area (Å²) in [5.41, 5.74) is 4.09. The highest BCUT2D eigenvalue weighted by Crippen LogP contribution is 2.28. The Kier molecular flexibility index (Phi) is 3.61. The fourth-order valence-electron chi connectivity index (χ4n) is 3.18. The second-order valence-electron chi connectivity index (χ2n) is 5.91. The predicted molar refractivity (Wildman–Crippen MR) is 90.0 cm³/mol. The van der Waals surface area contributed by atoms with Crippen molar-refractivity contribution in [1.82, 2.24) is 10.2 Å². The Morgan fingerprint density at radius 1 is 1.33 bits per heavy atom. The van der Waals surface area contributed by atoms with Crippen molar-refractivity contribution in [2.24, 2.45) is 0 Å². The maximum atomic E-state index is 11.7. The number of carbonyl (C=O) groups is 1. The second kappa shape index (κ2) is 5.92. The molecular weight excluding hydrogens is 304 g/mol. The molecule has 0 bridgehead atoms. The fourth-order valence-corrected chi connectivity index (χ4v) is 3.18. The number of carboxylic acid groups (broad SMARTS) is 1. The molecule has 0 fully saturated rings. The van der Waals surface area contributed by atoms with Crippen LogP contribution in [0.3, 0.4) is 0 Å². The summed E-state index contributed by atoms with van der Waals surface area (Å²) in [7, 11) is 0. The van der Waals surface area contributed by atoms with Gasteiger partial charge in [0.1, 0.15) is 5.75 Å². The molecule has 0 aliphatic carbocycles. The number of hydrogen-bond acceptors (Lipinski definition) is 4. The number of allylic oxidation sites excluding steroid dienone is 4. The van der Waals surface area contributed by atoms with Gasteiger partial charge >= 0.3 is 5.97 Å². The van der Waals surface area contributed by atoms with Crippen molar-refractivity contribution in [3.05, 3.63) is 76.9 Å². The highest BCUT2D eigenvalue weighted by atomic mass is 16.5. The van der Waals surface area contributed by atoms with Gasteiger partial charge in [0.25, 0.3) is 0 Å². The van der Waals surface area contributed by atoms with E-state index >= 15 is 0 Å². The van der Waals surface area contributed by atoms with Gasteiger partial charge in [-0.2, -0.15) is 0 Å². The van der Waals surface area contributed by atoms with Crippen molar-refractivity contribution in [3.8, 4) is 5.75 Å². The second-order valence-corrected chi connectivity index (χ2v) is 5.91. The lowest BCUT2D eigenvalue weighted by molar-refractivity contribution is -0.134. The van der Waals surface area contributed by atoms with Gasteiger partial charge in [0.15, 0.2) is 5.70 Å². The summed E-state index contributed by atoms with van der Waals surface area (Å²) < 4.78 is 5.52. The molecule has 3 heterocycles. The number of nitrogens with one attached hydrogen (secondary N) is 1. The quantitative estimate of drug-likeness (QED) is 0.892. The minimum absolute atomic E-state index is 0.254. The fraction of sp³-hybridized carbons (Fsp3) is 0.211. The van der Waals surface area contributed by atoms with Crippen LogP contribution < -0.4 is 10.1 Å². The molecule has 122 valence electrons. The maximum Gasteiger partial charge on any atom is 0.355 e. The zero-order chi connectivity index (χ0) is 16.5. The van der Waals surface area contributed by atoms with Crippen molar-refractivity contribution in [2.75, 3.05) is 6.61 Å². The van der Waals surface area contributed by atoms with Crippen LogP contribution in [0.1, 0.15) is 17.5 Å². The molecule has 0 saturated heterocycles. The van der Waals surface area contributed by atoms with E-state index < -0.39 is 5.97 Å². The zero-order valence-electron chi connectivity index (χ0n) is 13.2. The van der Waals surface area contributed by atoms with Crippen LogP contribution in [-0.4, -0.2) is 22.6 Å². The van der Waals surface area contributed by atoms with Crippen LogP contribution in [0.5, 0.6) is 5.75 Å². The van der Waals surface area contributed by atoms with E-state index in [2.05, 4.69) is 11.4 Å². The topological polar surface area (TPSA) is 61.8 Å². The Morgan fingerprint density at radius 3 is 3.12 bits per heavy atom. The summed E-state index contributed by atoms with van der Waals surface area (Å²) in [6, 6.07) is 6.11. The smallest absolute Gasteiger partial charge is 0.355 e. The summed E-state index contributed by atoms with van der Waals surface area (Å²) >= 11 is 0. The first kappa shape index (κ1) is 14.6. The van der Waals surface area contributed by atoms with Crippen LogP contribution >= 0.6 is 0 Å². The van der Waals surface area contributed by atoms with Gasteiger partial charge in [-0.15, -0.1) is 0 Å². The number of benzene rings is 1. The molecule has 2 N–H and O–H groups in total. The van der Waals surface area contributed by atoms with Gasteiger partial charge in [-0.3, -0.25) is 0 Å². The van der Waals surface area contributed by atoms with Gasteiger partial charge in [-0.05, 0) is 35.8 Å². The Morgan fingerprint density at radius 2 is 2.25 bits per heavy atom. The highest BCUT2D eigenvalue weighted by molar-refractivity contribution is 5.89. The molecule has 0 atom stereocenters. The van der Waals surface area contributed by atoms with E-state index in [9.17, 15) is 9.90 Å². The first-order valence-corrected chi connectivity index (χ1v) is 8.02. The molecule has 1 aromatic rings. The molecule has 0 saturated carbocycles. The average molecular weight is 322 g/mol. The largest absolute Gasteiger partial charge is 0.493 e. The van der Waals surface area contributed by atoms with E-state index in [0.717, 1.165) is 36.5 Å². The monoisotopic (exact) mass is 322 g/mol. The van der Waals surface area contributed by atoms with Crippen molar-refractivity contribution in [1.29, 1.82) is 0 Å². The van der Waals surface area contributed by atoms with Crippen LogP contribution in [0.2, 0.25) is 0 Å². The number of fused-ring (bicyclic) bond motifs is 2. The molecule has 5 heteroatoms. The molecule has 5 nitrogen and oxygen atoms in total. The van der Waals surface area contributed by atoms with Gasteiger partial charge in [0, 0.05) is 24.9 Å². The van der Waals surface area contributed by atoms with Crippen LogP contribution in [0.25, 0.3) is 0 Å². The normalized spacial score (nSPS) is 18.0. The Labute approximate surface area is 140 Å². The lowest BCUT2D eigenvalue weighted by atomic mass is 10.1. The van der Waals surface area contributed by atoms with E-state index in [1.807, 2.05) is 42.6 Å². The van der Waals surface area contributed by atoms with Crippen molar-refractivity contribution < 1.29 is 14.6 Å². The first-order valence-electron chi connectivity index (χ1n) is 8.02. The molecular formula is C19H18N2O3. The lowest BCUT2D eigenvalue weighted by Crippen LogP contribution is -2.30. The van der Waals surface area contributed by atoms with Crippen LogP contribution in [0, 0.1) is 0 Å². The molecule has 3 aliphatic heterocycles.